The maximum Gasteiger partial charge on any atom is 0.243 e. The van der Waals surface area contributed by atoms with E-state index in [1.54, 1.807) is 0 Å². The van der Waals surface area contributed by atoms with E-state index in [0.717, 1.165) is 12.5 Å². The van der Waals surface area contributed by atoms with Gasteiger partial charge in [0.25, 0.3) is 0 Å². The van der Waals surface area contributed by atoms with Gasteiger partial charge in [-0.15, -0.1) is 10.2 Å². The minimum atomic E-state index is -0.554. The molecule has 1 aromatic carbocycles. The number of amides is 1. The average Bonchev–Trinajstić information content (AvgIpc) is 3.17. The van der Waals surface area contributed by atoms with Crippen molar-refractivity contribution < 1.29 is 18.7 Å². The van der Waals surface area contributed by atoms with Gasteiger partial charge in [0.15, 0.2) is 0 Å². The number of carbonyl (C=O) groups is 1. The normalized spacial score (nSPS) is 17.5. The molecule has 0 bridgehead atoms. The quantitative estimate of drug-likeness (QED) is 0.589. The molecule has 3 rings (SSSR count). The summed E-state index contributed by atoms with van der Waals surface area (Å²) in [5.41, 5.74) is 0.701. The maximum absolute atomic E-state index is 14.2. The van der Waals surface area contributed by atoms with Gasteiger partial charge in [-0.05, 0) is 42.9 Å². The molecule has 0 aliphatic heterocycles. The van der Waals surface area contributed by atoms with Gasteiger partial charge in [0.2, 0.25) is 11.0 Å². The lowest BCUT2D eigenvalue weighted by Gasteiger charge is -2.29. The highest BCUT2D eigenvalue weighted by Gasteiger charge is 2.28. The van der Waals surface area contributed by atoms with Gasteiger partial charge < -0.3 is 10.4 Å². The summed E-state index contributed by atoms with van der Waals surface area (Å²) in [6.07, 6.45) is 3.11. The molecule has 3 N–H and O–H groups in total. The van der Waals surface area contributed by atoms with Gasteiger partial charge in [0, 0.05) is 17.5 Å². The number of carbonyl (C=O) groups excluding carboxylic acids is 1. The van der Waals surface area contributed by atoms with Crippen LogP contribution in [0.25, 0.3) is 0 Å². The van der Waals surface area contributed by atoms with Gasteiger partial charge in [-0.2, -0.15) is 0 Å². The number of rotatable bonds is 8. The van der Waals surface area contributed by atoms with E-state index in [-0.39, 0.29) is 18.6 Å². The lowest BCUT2D eigenvalue weighted by Crippen LogP contribution is -2.47. The Bertz CT molecular complexity index is 903. The van der Waals surface area contributed by atoms with Crippen molar-refractivity contribution in [1.29, 1.82) is 0 Å². The summed E-state index contributed by atoms with van der Waals surface area (Å²) in [4.78, 5) is 12.9. The summed E-state index contributed by atoms with van der Waals surface area (Å²) in [7, 11) is 0. The lowest BCUT2D eigenvalue weighted by molar-refractivity contribution is -0.118. The van der Waals surface area contributed by atoms with Crippen LogP contribution in [0.3, 0.4) is 0 Å². The number of hydrogen-bond acceptors (Lipinski definition) is 6. The average molecular weight is 439 g/mol. The summed E-state index contributed by atoms with van der Waals surface area (Å²) in [6, 6.07) is 1.78. The van der Waals surface area contributed by atoms with Crippen LogP contribution in [0.2, 0.25) is 0 Å². The minimum Gasteiger partial charge on any atom is -0.395 e. The fourth-order valence-corrected chi connectivity index (χ4v) is 4.44. The number of aliphatic hydroxyl groups is 1. The molecule has 1 unspecified atom stereocenters. The fraction of sp³-hybridized carbons (Fsp3) is 0.571. The minimum absolute atomic E-state index is 0.0702. The van der Waals surface area contributed by atoms with Crippen molar-refractivity contribution in [1.82, 2.24) is 15.5 Å². The molecule has 1 amide bonds. The Kier molecular flexibility index (Phi) is 7.15. The third kappa shape index (κ3) is 5.19. The van der Waals surface area contributed by atoms with Crippen LogP contribution in [-0.4, -0.2) is 39.9 Å². The molecule has 1 aliphatic rings. The number of aliphatic hydroxyl groups excluding tert-OH is 1. The molecule has 0 fully saturated rings. The highest BCUT2D eigenvalue weighted by Crippen LogP contribution is 2.28. The SMILES string of the molecule is CCC[C@H](NC1CCc2cc(F)cc(F)c2C1)C(=O)Nc1nnc(C(C)(C)CO)s1. The maximum atomic E-state index is 14.2. The molecular weight excluding hydrogens is 410 g/mol. The molecule has 2 aromatic rings. The van der Waals surface area contributed by atoms with Crippen molar-refractivity contribution in [2.24, 2.45) is 0 Å². The molecule has 0 spiro atoms. The number of nitrogens with zero attached hydrogens (tertiary/aromatic N) is 2. The largest absolute Gasteiger partial charge is 0.395 e. The van der Waals surface area contributed by atoms with Crippen LogP contribution in [-0.2, 0) is 23.1 Å². The molecule has 6 nitrogen and oxygen atoms in total. The van der Waals surface area contributed by atoms with E-state index in [9.17, 15) is 18.7 Å². The van der Waals surface area contributed by atoms with Crippen LogP contribution in [0.1, 0.15) is 56.2 Å². The van der Waals surface area contributed by atoms with E-state index < -0.39 is 23.1 Å². The topological polar surface area (TPSA) is 87.1 Å². The predicted octanol–water partition coefficient (Wildman–Crippen LogP) is 3.34. The third-order valence-electron chi connectivity index (χ3n) is 5.43. The Balaban J connectivity index is 1.66. The molecule has 1 heterocycles. The van der Waals surface area contributed by atoms with Gasteiger partial charge in [-0.25, -0.2) is 8.78 Å². The van der Waals surface area contributed by atoms with E-state index in [1.807, 2.05) is 20.8 Å². The van der Waals surface area contributed by atoms with Crippen LogP contribution in [0.4, 0.5) is 13.9 Å². The first-order chi connectivity index (χ1) is 14.2. The standard InChI is InChI=1S/C21H28F2N4O2S/c1-4-5-17(18(29)25-20-27-26-19(30-20)21(2,3)11-28)24-14-7-6-12-8-13(22)9-16(23)15(12)10-14/h8-9,14,17,24,28H,4-7,10-11H2,1-3H3,(H,25,27,29)/t14?,17-/m0/s1. The van der Waals surface area contributed by atoms with E-state index in [4.69, 9.17) is 0 Å². The molecule has 164 valence electrons. The van der Waals surface area contributed by atoms with Gasteiger partial charge in [0.05, 0.1) is 12.6 Å². The molecule has 30 heavy (non-hydrogen) atoms. The summed E-state index contributed by atoms with van der Waals surface area (Å²) in [5, 5.41) is 24.8. The van der Waals surface area contributed by atoms with Crippen LogP contribution in [0.15, 0.2) is 12.1 Å². The first-order valence-electron chi connectivity index (χ1n) is 10.2. The van der Waals surface area contributed by atoms with Gasteiger partial charge >= 0.3 is 0 Å². The number of hydrogen-bond donors (Lipinski definition) is 3. The highest BCUT2D eigenvalue weighted by molar-refractivity contribution is 7.15. The third-order valence-corrected chi connectivity index (χ3v) is 6.63. The second-order valence-corrected chi connectivity index (χ2v) is 9.39. The Labute approximate surface area is 179 Å². The Hall–Kier alpha value is -1.97. The molecular formula is C21H28F2N4O2S. The number of aryl methyl sites for hydroxylation is 1. The van der Waals surface area contributed by atoms with Crippen LogP contribution < -0.4 is 10.6 Å². The fourth-order valence-electron chi connectivity index (χ4n) is 3.60. The van der Waals surface area contributed by atoms with Crippen molar-refractivity contribution >= 4 is 22.4 Å². The number of fused-ring (bicyclic) bond motifs is 1. The number of benzene rings is 1. The molecule has 1 aliphatic carbocycles. The first-order valence-corrected chi connectivity index (χ1v) is 11.0. The van der Waals surface area contributed by atoms with E-state index >= 15 is 0 Å². The van der Waals surface area contributed by atoms with E-state index in [1.165, 1.54) is 17.4 Å². The lowest BCUT2D eigenvalue weighted by atomic mass is 9.87. The summed E-state index contributed by atoms with van der Waals surface area (Å²) in [5.74, 6) is -1.30. The molecule has 1 aromatic heterocycles. The van der Waals surface area contributed by atoms with Crippen LogP contribution in [0, 0.1) is 11.6 Å². The van der Waals surface area contributed by atoms with E-state index in [0.29, 0.717) is 46.9 Å². The van der Waals surface area contributed by atoms with Crippen LogP contribution >= 0.6 is 11.3 Å². The molecule has 0 saturated heterocycles. The number of halogens is 2. The highest BCUT2D eigenvalue weighted by atomic mass is 32.1. The van der Waals surface area contributed by atoms with Gasteiger partial charge in [-0.1, -0.05) is 38.5 Å². The van der Waals surface area contributed by atoms with Crippen molar-refractivity contribution in [3.05, 3.63) is 39.9 Å². The number of anilines is 1. The molecule has 9 heteroatoms. The Morgan fingerprint density at radius 1 is 1.37 bits per heavy atom. The Morgan fingerprint density at radius 3 is 2.83 bits per heavy atom. The summed E-state index contributed by atoms with van der Waals surface area (Å²) < 4.78 is 27.6. The number of aromatic nitrogens is 2. The Morgan fingerprint density at radius 2 is 2.13 bits per heavy atom. The van der Waals surface area contributed by atoms with Crippen LogP contribution in [0.5, 0.6) is 0 Å². The molecule has 2 atom stereocenters. The van der Waals surface area contributed by atoms with Crippen molar-refractivity contribution in [2.75, 3.05) is 11.9 Å². The predicted molar refractivity (Wildman–Crippen MR) is 113 cm³/mol. The zero-order valence-electron chi connectivity index (χ0n) is 17.5. The van der Waals surface area contributed by atoms with Crippen molar-refractivity contribution in [2.45, 2.75) is 70.4 Å². The van der Waals surface area contributed by atoms with Gasteiger partial charge in [-0.3, -0.25) is 10.1 Å². The molecule has 0 saturated carbocycles. The summed E-state index contributed by atoms with van der Waals surface area (Å²) in [6.45, 7) is 5.63. The first kappa shape index (κ1) is 22.7. The summed E-state index contributed by atoms with van der Waals surface area (Å²) >= 11 is 1.24. The zero-order chi connectivity index (χ0) is 21.9. The smallest absolute Gasteiger partial charge is 0.243 e. The van der Waals surface area contributed by atoms with E-state index in [2.05, 4.69) is 20.8 Å². The second kappa shape index (κ2) is 9.45. The van der Waals surface area contributed by atoms with Gasteiger partial charge in [0.1, 0.15) is 16.6 Å². The van der Waals surface area contributed by atoms with Crippen molar-refractivity contribution in [3.8, 4) is 0 Å². The van der Waals surface area contributed by atoms with Crippen molar-refractivity contribution in [3.63, 3.8) is 0 Å². The monoisotopic (exact) mass is 438 g/mol. The zero-order valence-corrected chi connectivity index (χ0v) is 18.3. The molecule has 0 radical (unpaired) electrons. The second-order valence-electron chi connectivity index (χ2n) is 8.42. The number of nitrogens with one attached hydrogen (secondary N) is 2.